The highest BCUT2D eigenvalue weighted by molar-refractivity contribution is 7.81. The molecule has 0 fully saturated rings. The Labute approximate surface area is 89.2 Å². The number of hydrogen-bond donors (Lipinski definition) is 4. The van der Waals surface area contributed by atoms with Crippen molar-refractivity contribution in [2.75, 3.05) is 13.2 Å². The summed E-state index contributed by atoms with van der Waals surface area (Å²) in [4.78, 5) is 0. The largest absolute Gasteiger partial charge is 0.399 e. The van der Waals surface area contributed by atoms with Crippen molar-refractivity contribution in [1.29, 1.82) is 0 Å². The van der Waals surface area contributed by atoms with Gasteiger partial charge in [-0.15, -0.1) is 0 Å². The molecule has 0 amide bonds. The van der Waals surface area contributed by atoms with Crippen LogP contribution in [-0.2, 0) is 18.8 Å². The fourth-order valence-corrected chi connectivity index (χ4v) is 1.28. The molecule has 8 nitrogen and oxygen atoms in total. The third kappa shape index (κ3) is 10.0. The first-order chi connectivity index (χ1) is 6.83. The van der Waals surface area contributed by atoms with E-state index in [0.717, 1.165) is 0 Å². The molecule has 0 aromatic carbocycles. The van der Waals surface area contributed by atoms with Gasteiger partial charge in [0.1, 0.15) is 0 Å². The van der Waals surface area contributed by atoms with E-state index < -0.39 is 22.7 Å². The van der Waals surface area contributed by atoms with Crippen LogP contribution in [0.25, 0.3) is 0 Å². The molecule has 0 radical (unpaired) electrons. The highest BCUT2D eigenvalue weighted by Crippen LogP contribution is 1.98. The lowest BCUT2D eigenvalue weighted by molar-refractivity contribution is 0.205. The molecule has 0 bridgehead atoms. The zero-order chi connectivity index (χ0) is 11.9. The summed E-state index contributed by atoms with van der Waals surface area (Å²) in [7, 11) is -4.00. The predicted molar refractivity (Wildman–Crippen MR) is 54.4 cm³/mol. The monoisotopic (exact) mass is 242 g/mol. The van der Waals surface area contributed by atoms with Crippen LogP contribution in [0.5, 0.6) is 0 Å². The van der Waals surface area contributed by atoms with E-state index in [1.807, 2.05) is 0 Å². The van der Waals surface area contributed by atoms with E-state index in [0.29, 0.717) is 0 Å². The summed E-state index contributed by atoms with van der Waals surface area (Å²) >= 11 is 0. The molecule has 0 atom stereocenters. The number of rotatable bonds is 8. The second-order valence-corrected chi connectivity index (χ2v) is 4.25. The van der Waals surface area contributed by atoms with Crippen LogP contribution in [0.2, 0.25) is 0 Å². The van der Waals surface area contributed by atoms with Gasteiger partial charge in [0.2, 0.25) is 0 Å². The van der Waals surface area contributed by atoms with Gasteiger partial charge >= 0.3 is 10.4 Å². The predicted octanol–water partition coefficient (Wildman–Crippen LogP) is -2.47. The number of hydrogen-bond acceptors (Lipinski definition) is 8. The molecule has 0 unspecified atom stereocenters. The summed E-state index contributed by atoms with van der Waals surface area (Å²) in [5, 5.41) is 0. The van der Waals surface area contributed by atoms with Crippen LogP contribution in [0.4, 0.5) is 0 Å². The molecule has 0 aromatic rings. The average molecular weight is 242 g/mol. The SMILES string of the molecule is NC(N)CCOS(=O)(=O)OCCC(N)N. The molecule has 0 aliphatic rings. The first-order valence-electron chi connectivity index (χ1n) is 4.39. The standard InChI is InChI=1S/C6H18N4O4S/c7-5(8)1-3-13-15(11,12)14-4-2-6(9)10/h5-6H,1-4,7-10H2. The van der Waals surface area contributed by atoms with Crippen LogP contribution in [0.1, 0.15) is 12.8 Å². The Kier molecular flexibility index (Phi) is 6.92. The second kappa shape index (κ2) is 7.06. The highest BCUT2D eigenvalue weighted by Gasteiger charge is 2.12. The molecular weight excluding hydrogens is 224 g/mol. The van der Waals surface area contributed by atoms with Gasteiger partial charge in [0.05, 0.1) is 25.5 Å². The molecule has 0 rings (SSSR count). The molecule has 0 saturated carbocycles. The molecule has 8 N–H and O–H groups in total. The Bertz CT molecular complexity index is 234. The molecule has 15 heavy (non-hydrogen) atoms. The van der Waals surface area contributed by atoms with Gasteiger partial charge in [-0.2, -0.15) is 8.42 Å². The lowest BCUT2D eigenvalue weighted by Crippen LogP contribution is -2.33. The third-order valence-electron chi connectivity index (χ3n) is 1.36. The van der Waals surface area contributed by atoms with Crippen molar-refractivity contribution in [3.8, 4) is 0 Å². The Morgan fingerprint density at radius 1 is 0.867 bits per heavy atom. The quantitative estimate of drug-likeness (QED) is 0.341. The van der Waals surface area contributed by atoms with Gasteiger partial charge in [0.25, 0.3) is 0 Å². The maximum absolute atomic E-state index is 11.0. The maximum Gasteiger partial charge on any atom is 0.399 e. The van der Waals surface area contributed by atoms with Crippen molar-refractivity contribution >= 4 is 10.4 Å². The number of nitrogens with two attached hydrogens (primary N) is 4. The van der Waals surface area contributed by atoms with E-state index in [-0.39, 0.29) is 26.1 Å². The van der Waals surface area contributed by atoms with Gasteiger partial charge in [-0.05, 0) is 0 Å². The van der Waals surface area contributed by atoms with Crippen LogP contribution in [0, 0.1) is 0 Å². The zero-order valence-corrected chi connectivity index (χ0v) is 9.15. The summed E-state index contributed by atoms with van der Waals surface area (Å²) < 4.78 is 30.8. The van der Waals surface area contributed by atoms with Crippen LogP contribution in [0.15, 0.2) is 0 Å². The van der Waals surface area contributed by atoms with Gasteiger partial charge in [0, 0.05) is 12.8 Å². The van der Waals surface area contributed by atoms with Crippen LogP contribution < -0.4 is 22.9 Å². The van der Waals surface area contributed by atoms with Crippen LogP contribution >= 0.6 is 0 Å². The lowest BCUT2D eigenvalue weighted by atomic mass is 10.4. The van der Waals surface area contributed by atoms with Crippen LogP contribution in [-0.4, -0.2) is 34.0 Å². The van der Waals surface area contributed by atoms with Crippen molar-refractivity contribution < 1.29 is 16.8 Å². The van der Waals surface area contributed by atoms with E-state index in [1.54, 1.807) is 0 Å². The third-order valence-corrected chi connectivity index (χ3v) is 2.27. The molecule has 92 valence electrons. The van der Waals surface area contributed by atoms with Gasteiger partial charge in [-0.25, -0.2) is 8.37 Å². The molecule has 0 saturated heterocycles. The maximum atomic E-state index is 11.0. The summed E-state index contributed by atoms with van der Waals surface area (Å²) in [5.74, 6) is 0. The summed E-state index contributed by atoms with van der Waals surface area (Å²) in [6, 6.07) is 0. The Morgan fingerprint density at radius 2 is 1.20 bits per heavy atom. The Morgan fingerprint density at radius 3 is 1.47 bits per heavy atom. The zero-order valence-electron chi connectivity index (χ0n) is 8.33. The van der Waals surface area contributed by atoms with Gasteiger partial charge < -0.3 is 22.9 Å². The lowest BCUT2D eigenvalue weighted by Gasteiger charge is -2.08. The van der Waals surface area contributed by atoms with Crippen molar-refractivity contribution in [3.63, 3.8) is 0 Å². The fourth-order valence-electron chi connectivity index (χ4n) is 0.607. The van der Waals surface area contributed by atoms with E-state index in [1.165, 1.54) is 0 Å². The van der Waals surface area contributed by atoms with E-state index >= 15 is 0 Å². The van der Waals surface area contributed by atoms with Crippen molar-refractivity contribution in [3.05, 3.63) is 0 Å². The molecule has 0 heterocycles. The average Bonchev–Trinajstić information content (AvgIpc) is 2.01. The molecular formula is C6H18N4O4S. The first kappa shape index (κ1) is 14.7. The van der Waals surface area contributed by atoms with Crippen molar-refractivity contribution in [1.82, 2.24) is 0 Å². The molecule has 0 aliphatic carbocycles. The minimum Gasteiger partial charge on any atom is -0.316 e. The molecule has 0 aromatic heterocycles. The topological polar surface area (TPSA) is 157 Å². The Hall–Kier alpha value is -0.290. The van der Waals surface area contributed by atoms with E-state index in [4.69, 9.17) is 22.9 Å². The smallest absolute Gasteiger partial charge is 0.316 e. The second-order valence-electron chi connectivity index (χ2n) is 2.96. The summed E-state index contributed by atoms with van der Waals surface area (Å²) in [6.45, 7) is -0.233. The summed E-state index contributed by atoms with van der Waals surface area (Å²) in [5.41, 5.74) is 20.8. The molecule has 9 heteroatoms. The van der Waals surface area contributed by atoms with E-state index in [2.05, 4.69) is 8.37 Å². The highest BCUT2D eigenvalue weighted by atomic mass is 32.3. The van der Waals surface area contributed by atoms with Gasteiger partial charge in [0.15, 0.2) is 0 Å². The van der Waals surface area contributed by atoms with Crippen molar-refractivity contribution in [2.45, 2.75) is 25.2 Å². The van der Waals surface area contributed by atoms with Crippen molar-refractivity contribution in [2.24, 2.45) is 22.9 Å². The first-order valence-corrected chi connectivity index (χ1v) is 5.73. The summed E-state index contributed by atoms with van der Waals surface area (Å²) in [6.07, 6.45) is -0.784. The molecule has 0 spiro atoms. The minimum absolute atomic E-state index is 0.116. The van der Waals surface area contributed by atoms with Gasteiger partial charge in [-0.3, -0.25) is 0 Å². The van der Waals surface area contributed by atoms with Crippen LogP contribution in [0.3, 0.4) is 0 Å². The molecule has 0 aliphatic heterocycles. The minimum atomic E-state index is -4.00. The fraction of sp³-hybridized carbons (Fsp3) is 1.00. The van der Waals surface area contributed by atoms with E-state index in [9.17, 15) is 8.42 Å². The normalized spacial score (nSPS) is 12.7. The Balaban J connectivity index is 3.68. The van der Waals surface area contributed by atoms with Gasteiger partial charge in [-0.1, -0.05) is 0 Å².